The smallest absolute Gasteiger partial charge is 0.193 e. The van der Waals surface area contributed by atoms with Gasteiger partial charge >= 0.3 is 0 Å². The maximum absolute atomic E-state index is 5.94. The molecule has 0 radical (unpaired) electrons. The van der Waals surface area contributed by atoms with Crippen LogP contribution in [0.5, 0.6) is 0 Å². The van der Waals surface area contributed by atoms with Crippen LogP contribution in [0.4, 0.5) is 5.69 Å². The van der Waals surface area contributed by atoms with Crippen LogP contribution in [0.15, 0.2) is 34.6 Å². The number of anilines is 1. The first kappa shape index (κ1) is 16.5. The van der Waals surface area contributed by atoms with Crippen molar-refractivity contribution in [2.75, 3.05) is 11.9 Å². The highest BCUT2D eigenvalue weighted by molar-refractivity contribution is 7.09. The topological polar surface area (TPSA) is 63.3 Å². The van der Waals surface area contributed by atoms with E-state index in [-0.39, 0.29) is 0 Å². The van der Waals surface area contributed by atoms with Gasteiger partial charge in [-0.15, -0.1) is 11.3 Å². The van der Waals surface area contributed by atoms with Crippen molar-refractivity contribution in [3.8, 4) is 0 Å². The molecule has 5 heteroatoms. The number of hydrogen-bond acceptors (Lipinski definition) is 3. The normalized spacial score (nSPS) is 11.9. The van der Waals surface area contributed by atoms with Crippen LogP contribution in [0.3, 0.4) is 0 Å². The van der Waals surface area contributed by atoms with Gasteiger partial charge in [-0.1, -0.05) is 26.0 Å². The summed E-state index contributed by atoms with van der Waals surface area (Å²) in [7, 11) is 0. The highest BCUT2D eigenvalue weighted by Crippen LogP contribution is 2.18. The van der Waals surface area contributed by atoms with Crippen LogP contribution in [0.2, 0.25) is 0 Å². The predicted octanol–water partition coefficient (Wildman–Crippen LogP) is 3.93. The van der Waals surface area contributed by atoms with Crippen LogP contribution >= 0.6 is 11.3 Å². The molecule has 1 aromatic heterocycles. The van der Waals surface area contributed by atoms with Crippen LogP contribution in [0, 0.1) is 6.92 Å². The summed E-state index contributed by atoms with van der Waals surface area (Å²) in [5.41, 5.74) is 9.31. The summed E-state index contributed by atoms with van der Waals surface area (Å²) < 4.78 is 0. The van der Waals surface area contributed by atoms with Gasteiger partial charge in [-0.2, -0.15) is 0 Å². The molecule has 2 aromatic rings. The van der Waals surface area contributed by atoms with Crippen molar-refractivity contribution in [3.05, 3.63) is 45.9 Å². The molecule has 2 rings (SSSR count). The van der Waals surface area contributed by atoms with Crippen molar-refractivity contribution in [3.63, 3.8) is 0 Å². The summed E-state index contributed by atoms with van der Waals surface area (Å²) in [6.07, 6.45) is 1.92. The van der Waals surface area contributed by atoms with E-state index in [9.17, 15) is 0 Å². The zero-order chi connectivity index (χ0) is 15.9. The van der Waals surface area contributed by atoms with E-state index in [1.165, 1.54) is 10.6 Å². The van der Waals surface area contributed by atoms with Gasteiger partial charge < -0.3 is 11.1 Å². The third kappa shape index (κ3) is 5.15. The Morgan fingerprint density at radius 3 is 2.91 bits per heavy atom. The minimum atomic E-state index is 0.469. The van der Waals surface area contributed by atoms with E-state index in [1.54, 1.807) is 11.3 Å². The molecular formula is C17H24N4S. The van der Waals surface area contributed by atoms with Crippen molar-refractivity contribution >= 4 is 23.0 Å². The first-order valence-electron chi connectivity index (χ1n) is 7.62. The molecule has 118 valence electrons. The average molecular weight is 316 g/mol. The van der Waals surface area contributed by atoms with E-state index in [2.05, 4.69) is 46.7 Å². The molecule has 0 unspecified atom stereocenters. The molecule has 0 aliphatic heterocycles. The third-order valence-electron chi connectivity index (χ3n) is 3.32. The Bertz CT molecular complexity index is 631. The fourth-order valence-corrected chi connectivity index (χ4v) is 2.93. The number of aromatic nitrogens is 1. The number of rotatable bonds is 6. The standard InChI is InChI=1S/C17H24N4S/c1-12(2)14-6-4-7-15(10-14)21-17(18)19-9-5-8-16-20-13(3)11-22-16/h4,6-7,10-12H,5,8-9H2,1-3H3,(H3,18,19,21). The van der Waals surface area contributed by atoms with Crippen LogP contribution in [0.1, 0.15) is 42.5 Å². The van der Waals surface area contributed by atoms with Crippen LogP contribution < -0.4 is 11.1 Å². The molecule has 0 fully saturated rings. The maximum atomic E-state index is 5.94. The van der Waals surface area contributed by atoms with Crippen molar-refractivity contribution < 1.29 is 0 Å². The van der Waals surface area contributed by atoms with Gasteiger partial charge in [0.05, 0.1) is 5.01 Å². The monoisotopic (exact) mass is 316 g/mol. The number of guanidine groups is 1. The van der Waals surface area contributed by atoms with Crippen LogP contribution in [0.25, 0.3) is 0 Å². The molecule has 3 N–H and O–H groups in total. The fourth-order valence-electron chi connectivity index (χ4n) is 2.11. The molecule has 0 spiro atoms. The second-order valence-electron chi connectivity index (χ2n) is 5.66. The number of nitrogens with two attached hydrogens (primary N) is 1. The second kappa shape index (κ2) is 7.94. The van der Waals surface area contributed by atoms with Crippen molar-refractivity contribution in [2.45, 2.75) is 39.5 Å². The molecule has 4 nitrogen and oxygen atoms in total. The fraction of sp³-hybridized carbons (Fsp3) is 0.412. The van der Waals surface area contributed by atoms with E-state index in [1.807, 2.05) is 19.1 Å². The van der Waals surface area contributed by atoms with Crippen molar-refractivity contribution in [2.24, 2.45) is 10.7 Å². The van der Waals surface area contributed by atoms with Gasteiger partial charge in [0, 0.05) is 29.7 Å². The van der Waals surface area contributed by atoms with E-state index in [0.29, 0.717) is 18.4 Å². The molecule has 22 heavy (non-hydrogen) atoms. The lowest BCUT2D eigenvalue weighted by Gasteiger charge is -2.09. The van der Waals surface area contributed by atoms with Gasteiger partial charge in [0.25, 0.3) is 0 Å². The zero-order valence-corrected chi connectivity index (χ0v) is 14.3. The highest BCUT2D eigenvalue weighted by Gasteiger charge is 2.01. The van der Waals surface area contributed by atoms with Gasteiger partial charge in [-0.25, -0.2) is 4.98 Å². The minimum absolute atomic E-state index is 0.469. The first-order chi connectivity index (χ1) is 10.5. The molecule has 0 bridgehead atoms. The molecular weight excluding hydrogens is 292 g/mol. The van der Waals surface area contributed by atoms with Crippen molar-refractivity contribution in [1.82, 2.24) is 4.98 Å². The average Bonchev–Trinajstić information content (AvgIpc) is 2.89. The number of nitrogens with one attached hydrogen (secondary N) is 1. The first-order valence-corrected chi connectivity index (χ1v) is 8.50. The lowest BCUT2D eigenvalue weighted by atomic mass is 10.0. The maximum Gasteiger partial charge on any atom is 0.193 e. The summed E-state index contributed by atoms with van der Waals surface area (Å²) in [5.74, 6) is 0.970. The Morgan fingerprint density at radius 1 is 1.41 bits per heavy atom. The quantitative estimate of drug-likeness (QED) is 0.482. The number of thiazole rings is 1. The predicted molar refractivity (Wildman–Crippen MR) is 95.8 cm³/mol. The molecule has 0 aliphatic rings. The largest absolute Gasteiger partial charge is 0.370 e. The van der Waals surface area contributed by atoms with Gasteiger partial charge in [0.1, 0.15) is 0 Å². The number of hydrogen-bond donors (Lipinski definition) is 2. The summed E-state index contributed by atoms with van der Waals surface area (Å²) in [6, 6.07) is 8.28. The van der Waals surface area contributed by atoms with Gasteiger partial charge in [-0.3, -0.25) is 4.99 Å². The highest BCUT2D eigenvalue weighted by atomic mass is 32.1. The SMILES string of the molecule is Cc1csc(CCCN=C(N)Nc2cccc(C(C)C)c2)n1. The van der Waals surface area contributed by atoms with Gasteiger partial charge in [-0.05, 0) is 37.0 Å². The summed E-state index contributed by atoms with van der Waals surface area (Å²) in [4.78, 5) is 8.82. The molecule has 0 amide bonds. The third-order valence-corrected chi connectivity index (χ3v) is 4.35. The lowest BCUT2D eigenvalue weighted by Crippen LogP contribution is -2.23. The molecule has 0 saturated carbocycles. The Hall–Kier alpha value is -1.88. The Balaban J connectivity index is 1.81. The molecule has 0 saturated heterocycles. The van der Waals surface area contributed by atoms with Crippen LogP contribution in [-0.4, -0.2) is 17.5 Å². The summed E-state index contributed by atoms with van der Waals surface area (Å²) >= 11 is 1.71. The Morgan fingerprint density at radius 2 is 2.23 bits per heavy atom. The Kier molecular flexibility index (Phi) is 5.95. The van der Waals surface area contributed by atoms with Crippen LogP contribution in [-0.2, 0) is 6.42 Å². The lowest BCUT2D eigenvalue weighted by molar-refractivity contribution is 0.823. The van der Waals surface area contributed by atoms with Gasteiger partial charge in [0.2, 0.25) is 0 Å². The number of nitrogens with zero attached hydrogens (tertiary/aromatic N) is 2. The molecule has 1 heterocycles. The zero-order valence-electron chi connectivity index (χ0n) is 13.5. The number of aliphatic imine (C=N–C) groups is 1. The number of benzene rings is 1. The van der Waals surface area contributed by atoms with E-state index in [4.69, 9.17) is 5.73 Å². The number of aryl methyl sites for hydroxylation is 2. The van der Waals surface area contributed by atoms with E-state index < -0.39 is 0 Å². The molecule has 0 atom stereocenters. The summed E-state index contributed by atoms with van der Waals surface area (Å²) in [5, 5.41) is 6.40. The Labute approximate surface area is 136 Å². The summed E-state index contributed by atoms with van der Waals surface area (Å²) in [6.45, 7) is 7.08. The van der Waals surface area contributed by atoms with Crippen molar-refractivity contribution in [1.29, 1.82) is 0 Å². The second-order valence-corrected chi connectivity index (χ2v) is 6.60. The minimum Gasteiger partial charge on any atom is -0.370 e. The molecule has 0 aliphatic carbocycles. The van der Waals surface area contributed by atoms with Gasteiger partial charge in [0.15, 0.2) is 5.96 Å². The van der Waals surface area contributed by atoms with E-state index >= 15 is 0 Å². The molecule has 1 aromatic carbocycles. The van der Waals surface area contributed by atoms with E-state index in [0.717, 1.165) is 24.2 Å².